The molecular weight excluding hydrogens is 297 g/mol. The lowest BCUT2D eigenvalue weighted by Gasteiger charge is -2.28. The van der Waals surface area contributed by atoms with Gasteiger partial charge >= 0.3 is 12.1 Å². The summed E-state index contributed by atoms with van der Waals surface area (Å²) in [6, 6.07) is -2.33. The van der Waals surface area contributed by atoms with Gasteiger partial charge in [-0.2, -0.15) is 22.0 Å². The number of rotatable bonds is 5. The van der Waals surface area contributed by atoms with Gasteiger partial charge in [-0.1, -0.05) is 20.3 Å². The van der Waals surface area contributed by atoms with Crippen molar-refractivity contribution in [2.45, 2.75) is 38.4 Å². The maximum atomic E-state index is 13.9. The van der Waals surface area contributed by atoms with Crippen molar-refractivity contribution in [1.82, 2.24) is 14.9 Å². The summed E-state index contributed by atoms with van der Waals surface area (Å²) in [6.07, 6.45) is -2.51. The zero-order chi connectivity index (χ0) is 16.4. The van der Waals surface area contributed by atoms with E-state index in [4.69, 9.17) is 0 Å². The zero-order valence-corrected chi connectivity index (χ0v) is 11.7. The highest BCUT2D eigenvalue weighted by Crippen LogP contribution is 2.31. The molecule has 1 N–H and O–H groups in total. The van der Waals surface area contributed by atoms with Crippen molar-refractivity contribution in [3.05, 3.63) is 18.2 Å². The fraction of sp³-hybridized carbons (Fsp3) is 0.667. The van der Waals surface area contributed by atoms with Gasteiger partial charge in [-0.25, -0.2) is 4.98 Å². The van der Waals surface area contributed by atoms with Crippen molar-refractivity contribution in [3.8, 4) is 0 Å². The second-order valence-electron chi connectivity index (χ2n) is 4.81. The van der Waals surface area contributed by atoms with E-state index in [0.29, 0.717) is 0 Å². The minimum absolute atomic E-state index is 0.0818. The molecule has 1 aromatic heterocycles. The zero-order valence-electron chi connectivity index (χ0n) is 11.7. The fourth-order valence-electron chi connectivity index (χ4n) is 1.78. The molecule has 1 rings (SSSR count). The number of aromatic nitrogens is 2. The maximum Gasteiger partial charge on any atom is 0.408 e. The highest BCUT2D eigenvalue weighted by Gasteiger charge is 2.50. The Labute approximate surface area is 118 Å². The molecular formula is C12H16F5N3O. The van der Waals surface area contributed by atoms with Crippen LogP contribution in [-0.2, 0) is 17.8 Å². The molecule has 0 aromatic carbocycles. The third-order valence-corrected chi connectivity index (χ3v) is 3.24. The van der Waals surface area contributed by atoms with Crippen molar-refractivity contribution in [2.75, 3.05) is 0 Å². The van der Waals surface area contributed by atoms with E-state index in [0.717, 1.165) is 10.8 Å². The van der Waals surface area contributed by atoms with E-state index in [1.54, 1.807) is 0 Å². The van der Waals surface area contributed by atoms with Gasteiger partial charge in [-0.15, -0.1) is 0 Å². The number of amides is 1. The number of hydrogen-bond donors (Lipinski definition) is 1. The lowest BCUT2D eigenvalue weighted by Crippen LogP contribution is -2.53. The van der Waals surface area contributed by atoms with Crippen LogP contribution in [0.3, 0.4) is 0 Å². The largest absolute Gasteiger partial charge is 0.408 e. The SMILES string of the molecule is CCC(C)C(NC(=O)C(F)(F)c1nccn1C)C(F)(F)F. The predicted octanol–water partition coefficient (Wildman–Crippen LogP) is 2.61. The first-order valence-electron chi connectivity index (χ1n) is 6.25. The van der Waals surface area contributed by atoms with Crippen molar-refractivity contribution in [3.63, 3.8) is 0 Å². The molecule has 0 saturated heterocycles. The average molecular weight is 313 g/mol. The molecule has 0 aliphatic heterocycles. The van der Waals surface area contributed by atoms with Crippen LogP contribution in [-0.4, -0.2) is 27.7 Å². The number of hydrogen-bond acceptors (Lipinski definition) is 2. The number of carbonyl (C=O) groups is 1. The Morgan fingerprint density at radius 2 is 1.95 bits per heavy atom. The first-order valence-corrected chi connectivity index (χ1v) is 6.25. The summed E-state index contributed by atoms with van der Waals surface area (Å²) in [4.78, 5) is 14.9. The third kappa shape index (κ3) is 3.70. The Morgan fingerprint density at radius 3 is 2.33 bits per heavy atom. The summed E-state index contributed by atoms with van der Waals surface area (Å²) in [6.45, 7) is 2.71. The number of halogens is 5. The summed E-state index contributed by atoms with van der Waals surface area (Å²) < 4.78 is 67.2. The minimum Gasteiger partial charge on any atom is -0.338 e. The van der Waals surface area contributed by atoms with E-state index in [-0.39, 0.29) is 6.42 Å². The Kier molecular flexibility index (Phi) is 4.95. The molecule has 1 heterocycles. The molecule has 0 aliphatic carbocycles. The van der Waals surface area contributed by atoms with Gasteiger partial charge in [0.1, 0.15) is 6.04 Å². The van der Waals surface area contributed by atoms with Crippen molar-refractivity contribution in [2.24, 2.45) is 13.0 Å². The standard InChI is InChI=1S/C12H16F5N3O/c1-4-7(2)8(12(15,16)17)19-10(21)11(13,14)9-18-5-6-20(9)3/h5-8H,4H2,1-3H3,(H,19,21). The highest BCUT2D eigenvalue weighted by atomic mass is 19.4. The minimum atomic E-state index is -4.80. The van der Waals surface area contributed by atoms with E-state index in [1.165, 1.54) is 32.4 Å². The van der Waals surface area contributed by atoms with Crippen LogP contribution in [0.25, 0.3) is 0 Å². The Morgan fingerprint density at radius 1 is 1.38 bits per heavy atom. The van der Waals surface area contributed by atoms with E-state index in [2.05, 4.69) is 4.98 Å². The molecule has 0 aliphatic rings. The van der Waals surface area contributed by atoms with Crippen LogP contribution in [0.2, 0.25) is 0 Å². The van der Waals surface area contributed by atoms with Gasteiger partial charge in [0.05, 0.1) is 0 Å². The van der Waals surface area contributed by atoms with Crippen molar-refractivity contribution in [1.29, 1.82) is 0 Å². The highest BCUT2D eigenvalue weighted by molar-refractivity contribution is 5.84. The molecule has 0 bridgehead atoms. The van der Waals surface area contributed by atoms with Crippen molar-refractivity contribution < 1.29 is 26.7 Å². The summed E-state index contributed by atoms with van der Waals surface area (Å²) in [5.74, 6) is -8.09. The van der Waals surface area contributed by atoms with Gasteiger partial charge in [0.2, 0.25) is 0 Å². The van der Waals surface area contributed by atoms with Crippen LogP contribution in [0.15, 0.2) is 12.4 Å². The molecule has 0 saturated carbocycles. The number of alkyl halides is 5. The molecule has 1 amide bonds. The van der Waals surface area contributed by atoms with Gasteiger partial charge < -0.3 is 9.88 Å². The monoisotopic (exact) mass is 313 g/mol. The van der Waals surface area contributed by atoms with Gasteiger partial charge in [-0.3, -0.25) is 4.79 Å². The third-order valence-electron chi connectivity index (χ3n) is 3.24. The van der Waals surface area contributed by atoms with Crippen LogP contribution >= 0.6 is 0 Å². The molecule has 2 atom stereocenters. The Bertz CT molecular complexity index is 497. The molecule has 0 spiro atoms. The van der Waals surface area contributed by atoms with Crippen LogP contribution in [0.1, 0.15) is 26.1 Å². The van der Waals surface area contributed by atoms with E-state index < -0.39 is 35.8 Å². The molecule has 4 nitrogen and oxygen atoms in total. The average Bonchev–Trinajstić information content (AvgIpc) is 2.80. The molecule has 0 fully saturated rings. The number of imidazole rings is 1. The number of nitrogens with zero attached hydrogens (tertiary/aromatic N) is 2. The number of carbonyl (C=O) groups excluding carboxylic acids is 1. The van der Waals surface area contributed by atoms with Crippen molar-refractivity contribution >= 4 is 5.91 Å². The van der Waals surface area contributed by atoms with E-state index >= 15 is 0 Å². The molecule has 0 radical (unpaired) electrons. The summed E-state index contributed by atoms with van der Waals surface area (Å²) >= 11 is 0. The molecule has 2 unspecified atom stereocenters. The second-order valence-corrected chi connectivity index (χ2v) is 4.81. The summed E-state index contributed by atoms with van der Waals surface area (Å²) in [5, 5.41) is 1.40. The quantitative estimate of drug-likeness (QED) is 0.850. The normalized spacial score (nSPS) is 15.6. The van der Waals surface area contributed by atoms with Crippen LogP contribution in [0.5, 0.6) is 0 Å². The van der Waals surface area contributed by atoms with Gasteiger partial charge in [0.15, 0.2) is 5.82 Å². The molecule has 120 valence electrons. The molecule has 21 heavy (non-hydrogen) atoms. The van der Waals surface area contributed by atoms with E-state index in [9.17, 15) is 26.7 Å². The van der Waals surface area contributed by atoms with Crippen LogP contribution < -0.4 is 5.32 Å². The Balaban J connectivity index is 2.99. The topological polar surface area (TPSA) is 46.9 Å². The predicted molar refractivity (Wildman–Crippen MR) is 64.5 cm³/mol. The van der Waals surface area contributed by atoms with Crippen LogP contribution in [0.4, 0.5) is 22.0 Å². The first-order chi connectivity index (χ1) is 9.51. The van der Waals surface area contributed by atoms with Gasteiger partial charge in [0.25, 0.3) is 5.91 Å². The number of nitrogens with one attached hydrogen (secondary N) is 1. The first kappa shape index (κ1) is 17.4. The van der Waals surface area contributed by atoms with E-state index in [1.807, 2.05) is 0 Å². The van der Waals surface area contributed by atoms with Gasteiger partial charge in [-0.05, 0) is 5.92 Å². The lowest BCUT2D eigenvalue weighted by molar-refractivity contribution is -0.179. The maximum absolute atomic E-state index is 13.9. The second kappa shape index (κ2) is 5.98. The van der Waals surface area contributed by atoms with Crippen LogP contribution in [0, 0.1) is 5.92 Å². The molecule has 9 heteroatoms. The summed E-state index contributed by atoms with van der Waals surface area (Å²) in [5.41, 5.74) is 0. The number of aryl methyl sites for hydroxylation is 1. The van der Waals surface area contributed by atoms with Gasteiger partial charge in [0, 0.05) is 19.4 Å². The molecule has 1 aromatic rings. The summed E-state index contributed by atoms with van der Waals surface area (Å²) in [7, 11) is 1.22. The lowest BCUT2D eigenvalue weighted by atomic mass is 9.98. The Hall–Kier alpha value is -1.67. The smallest absolute Gasteiger partial charge is 0.338 e. The fourth-order valence-corrected chi connectivity index (χ4v) is 1.78.